The molecule has 0 amide bonds. The Morgan fingerprint density at radius 3 is 2.53 bits per heavy atom. The Hall–Kier alpha value is 0.240. The fraction of sp³-hybridized carbons (Fsp3) is 0.300. The number of rotatable bonds is 4. The van der Waals surface area contributed by atoms with Crippen molar-refractivity contribution in [2.24, 2.45) is 0 Å². The maximum atomic E-state index is 11.7. The van der Waals surface area contributed by atoms with Crippen molar-refractivity contribution in [1.29, 1.82) is 0 Å². The average Bonchev–Trinajstić information content (AvgIpc) is 2.19. The second kappa shape index (κ2) is 6.09. The first-order chi connectivity index (χ1) is 7.06. The smallest absolute Gasteiger partial charge is 0.164 e. The molecule has 0 aromatic heterocycles. The van der Waals surface area contributed by atoms with Gasteiger partial charge in [-0.05, 0) is 18.6 Å². The first kappa shape index (κ1) is 13.3. The lowest BCUT2D eigenvalue weighted by Crippen LogP contribution is -2.00. The SMILES string of the molecule is O=C(CCCBr)c1cc(Cl)cc(Cl)c1Cl. The Balaban J connectivity index is 2.98. The summed E-state index contributed by atoms with van der Waals surface area (Å²) in [6.45, 7) is 0. The maximum Gasteiger partial charge on any atom is 0.164 e. The summed E-state index contributed by atoms with van der Waals surface area (Å²) in [5.41, 5.74) is 0.398. The van der Waals surface area contributed by atoms with Gasteiger partial charge in [-0.25, -0.2) is 0 Å². The molecule has 0 unspecified atom stereocenters. The lowest BCUT2D eigenvalue weighted by Gasteiger charge is -2.05. The van der Waals surface area contributed by atoms with E-state index in [0.29, 0.717) is 22.0 Å². The summed E-state index contributed by atoms with van der Waals surface area (Å²) >= 11 is 20.8. The van der Waals surface area contributed by atoms with Crippen molar-refractivity contribution in [3.8, 4) is 0 Å². The van der Waals surface area contributed by atoms with E-state index in [1.807, 2.05) is 0 Å². The van der Waals surface area contributed by atoms with E-state index in [4.69, 9.17) is 34.8 Å². The molecule has 0 aliphatic rings. The number of carbonyl (C=O) groups is 1. The fourth-order valence-corrected chi connectivity index (χ4v) is 2.11. The zero-order chi connectivity index (χ0) is 11.4. The third-order valence-corrected chi connectivity index (χ3v) is 3.41. The van der Waals surface area contributed by atoms with Crippen molar-refractivity contribution < 1.29 is 4.79 Å². The highest BCUT2D eigenvalue weighted by Gasteiger charge is 2.13. The molecule has 0 saturated heterocycles. The molecule has 0 bridgehead atoms. The van der Waals surface area contributed by atoms with Crippen LogP contribution in [0, 0.1) is 0 Å². The van der Waals surface area contributed by atoms with Crippen LogP contribution in [-0.4, -0.2) is 11.1 Å². The predicted molar refractivity (Wildman–Crippen MR) is 68.8 cm³/mol. The molecule has 0 saturated carbocycles. The predicted octanol–water partition coefficient (Wildman–Crippen LogP) is 5.00. The van der Waals surface area contributed by atoms with E-state index in [-0.39, 0.29) is 10.8 Å². The third-order valence-electron chi connectivity index (χ3n) is 1.83. The van der Waals surface area contributed by atoms with Crippen LogP contribution < -0.4 is 0 Å². The summed E-state index contributed by atoms with van der Waals surface area (Å²) in [4.78, 5) is 11.7. The van der Waals surface area contributed by atoms with Gasteiger partial charge in [-0.1, -0.05) is 50.7 Å². The van der Waals surface area contributed by atoms with Crippen molar-refractivity contribution >= 4 is 56.5 Å². The molecule has 5 heteroatoms. The number of Topliss-reactive ketones (excluding diaryl/α,β-unsaturated/α-hetero) is 1. The van der Waals surface area contributed by atoms with E-state index in [1.54, 1.807) is 6.07 Å². The van der Waals surface area contributed by atoms with Gasteiger partial charge in [0, 0.05) is 22.3 Å². The quantitative estimate of drug-likeness (QED) is 0.431. The molecule has 82 valence electrons. The number of halogens is 4. The molecule has 0 aliphatic carbocycles. The minimum Gasteiger partial charge on any atom is -0.294 e. The van der Waals surface area contributed by atoms with Crippen molar-refractivity contribution in [3.05, 3.63) is 32.8 Å². The van der Waals surface area contributed by atoms with Gasteiger partial charge in [0.25, 0.3) is 0 Å². The summed E-state index contributed by atoms with van der Waals surface area (Å²) < 4.78 is 0. The van der Waals surface area contributed by atoms with Crippen molar-refractivity contribution in [1.82, 2.24) is 0 Å². The molecular weight excluding hydrogens is 322 g/mol. The second-order valence-electron chi connectivity index (χ2n) is 2.96. The van der Waals surface area contributed by atoms with Gasteiger partial charge in [-0.15, -0.1) is 0 Å². The summed E-state index contributed by atoms with van der Waals surface area (Å²) in [6, 6.07) is 3.07. The Morgan fingerprint density at radius 2 is 1.93 bits per heavy atom. The normalized spacial score (nSPS) is 10.4. The van der Waals surface area contributed by atoms with Gasteiger partial charge >= 0.3 is 0 Å². The summed E-state index contributed by atoms with van der Waals surface area (Å²) in [5.74, 6) is -0.0381. The molecule has 0 heterocycles. The highest BCUT2D eigenvalue weighted by Crippen LogP contribution is 2.30. The van der Waals surface area contributed by atoms with Crippen LogP contribution in [0.4, 0.5) is 0 Å². The topological polar surface area (TPSA) is 17.1 Å². The van der Waals surface area contributed by atoms with E-state index in [2.05, 4.69) is 15.9 Å². The minimum absolute atomic E-state index is 0.0381. The van der Waals surface area contributed by atoms with Gasteiger partial charge in [0.1, 0.15) is 0 Å². The van der Waals surface area contributed by atoms with Gasteiger partial charge in [0.2, 0.25) is 0 Å². The molecule has 1 aromatic carbocycles. The fourth-order valence-electron chi connectivity index (χ4n) is 1.12. The zero-order valence-corrected chi connectivity index (χ0v) is 11.5. The number of alkyl halides is 1. The summed E-state index contributed by atoms with van der Waals surface area (Å²) in [7, 11) is 0. The standard InChI is InChI=1S/C10H8BrCl3O/c11-3-1-2-9(15)7-4-6(12)5-8(13)10(7)14/h4-5H,1-3H2. The Bertz CT molecular complexity index is 379. The van der Waals surface area contributed by atoms with Gasteiger partial charge in [-0.2, -0.15) is 0 Å². The average molecular weight is 330 g/mol. The number of hydrogen-bond acceptors (Lipinski definition) is 1. The van der Waals surface area contributed by atoms with Gasteiger partial charge in [-0.3, -0.25) is 4.79 Å². The second-order valence-corrected chi connectivity index (χ2v) is 4.98. The lowest BCUT2D eigenvalue weighted by molar-refractivity contribution is 0.0982. The Labute approximate surface area is 112 Å². The van der Waals surface area contributed by atoms with Crippen molar-refractivity contribution in [3.63, 3.8) is 0 Å². The van der Waals surface area contributed by atoms with Crippen molar-refractivity contribution in [2.45, 2.75) is 12.8 Å². The largest absolute Gasteiger partial charge is 0.294 e. The maximum absolute atomic E-state index is 11.7. The number of ketones is 1. The molecule has 15 heavy (non-hydrogen) atoms. The van der Waals surface area contributed by atoms with E-state index in [9.17, 15) is 4.79 Å². The van der Waals surface area contributed by atoms with Crippen LogP contribution in [0.25, 0.3) is 0 Å². The highest BCUT2D eigenvalue weighted by atomic mass is 79.9. The Kier molecular flexibility index (Phi) is 5.41. The molecule has 1 aromatic rings. The molecular formula is C10H8BrCl3O. The highest BCUT2D eigenvalue weighted by molar-refractivity contribution is 9.09. The first-order valence-electron chi connectivity index (χ1n) is 4.30. The lowest BCUT2D eigenvalue weighted by atomic mass is 10.1. The van der Waals surface area contributed by atoms with Gasteiger partial charge in [0.15, 0.2) is 5.78 Å². The van der Waals surface area contributed by atoms with Gasteiger partial charge < -0.3 is 0 Å². The molecule has 0 atom stereocenters. The van der Waals surface area contributed by atoms with Crippen LogP contribution >= 0.6 is 50.7 Å². The van der Waals surface area contributed by atoms with E-state index in [0.717, 1.165) is 11.8 Å². The monoisotopic (exact) mass is 328 g/mol. The summed E-state index contributed by atoms with van der Waals surface area (Å²) in [6.07, 6.45) is 1.20. The van der Waals surface area contributed by atoms with Crippen molar-refractivity contribution in [2.75, 3.05) is 5.33 Å². The Morgan fingerprint density at radius 1 is 1.27 bits per heavy atom. The van der Waals surface area contributed by atoms with Crippen LogP contribution in [0.1, 0.15) is 23.2 Å². The van der Waals surface area contributed by atoms with E-state index < -0.39 is 0 Å². The third kappa shape index (κ3) is 3.63. The van der Waals surface area contributed by atoms with E-state index in [1.165, 1.54) is 6.07 Å². The number of benzene rings is 1. The first-order valence-corrected chi connectivity index (χ1v) is 6.55. The molecule has 1 rings (SSSR count). The molecule has 0 radical (unpaired) electrons. The molecule has 0 fully saturated rings. The number of hydrogen-bond donors (Lipinski definition) is 0. The molecule has 0 N–H and O–H groups in total. The van der Waals surface area contributed by atoms with Crippen LogP contribution in [0.15, 0.2) is 12.1 Å². The van der Waals surface area contributed by atoms with Crippen LogP contribution in [0.2, 0.25) is 15.1 Å². The molecule has 0 aliphatic heterocycles. The number of carbonyl (C=O) groups excluding carboxylic acids is 1. The van der Waals surface area contributed by atoms with E-state index >= 15 is 0 Å². The van der Waals surface area contributed by atoms with Crippen LogP contribution in [0.5, 0.6) is 0 Å². The molecule has 1 nitrogen and oxygen atoms in total. The van der Waals surface area contributed by atoms with Crippen LogP contribution in [-0.2, 0) is 0 Å². The molecule has 0 spiro atoms. The van der Waals surface area contributed by atoms with Crippen LogP contribution in [0.3, 0.4) is 0 Å². The minimum atomic E-state index is -0.0381. The summed E-state index contributed by atoms with van der Waals surface area (Å²) in [5, 5.41) is 1.79. The van der Waals surface area contributed by atoms with Gasteiger partial charge in [0.05, 0.1) is 10.0 Å². The zero-order valence-electron chi connectivity index (χ0n) is 7.70.